The molecule has 0 atom stereocenters. The lowest BCUT2D eigenvalue weighted by molar-refractivity contribution is -0.136. The van der Waals surface area contributed by atoms with E-state index in [0.717, 1.165) is 12.2 Å². The highest BCUT2D eigenvalue weighted by atomic mass is 32.2. The summed E-state index contributed by atoms with van der Waals surface area (Å²) in [4.78, 5) is 10.3. The number of hydrogen-bond acceptors (Lipinski definition) is 2. The topological polar surface area (TPSA) is 37.3 Å². The van der Waals surface area contributed by atoms with E-state index >= 15 is 0 Å². The molecular weight excluding hydrogens is 220 g/mol. The molecule has 16 heavy (non-hydrogen) atoms. The van der Waals surface area contributed by atoms with Gasteiger partial charge in [0.1, 0.15) is 0 Å². The Hall–Kier alpha value is -0.960. The maximum Gasteiger partial charge on any atom is 0.304 e. The van der Waals surface area contributed by atoms with E-state index in [1.54, 1.807) is 11.8 Å². The minimum Gasteiger partial charge on any atom is -0.481 e. The van der Waals surface area contributed by atoms with Crippen LogP contribution in [0.1, 0.15) is 23.1 Å². The first-order chi connectivity index (χ1) is 7.61. The molecular formula is C13H18O2S. The minimum atomic E-state index is -0.709. The number of carboxylic acid groups (broad SMARTS) is 1. The average Bonchev–Trinajstić information content (AvgIpc) is 2.23. The van der Waals surface area contributed by atoms with Gasteiger partial charge in [-0.05, 0) is 42.7 Å². The molecule has 2 nitrogen and oxygen atoms in total. The van der Waals surface area contributed by atoms with E-state index in [4.69, 9.17) is 5.11 Å². The Morgan fingerprint density at radius 2 is 2.06 bits per heavy atom. The Kier molecular flexibility index (Phi) is 5.39. The van der Waals surface area contributed by atoms with Crippen molar-refractivity contribution < 1.29 is 9.90 Å². The van der Waals surface area contributed by atoms with E-state index in [1.807, 2.05) is 0 Å². The first-order valence-corrected chi connectivity index (χ1v) is 6.61. The summed E-state index contributed by atoms with van der Waals surface area (Å²) in [6.07, 6.45) is 1.29. The van der Waals surface area contributed by atoms with Crippen molar-refractivity contribution in [3.05, 3.63) is 34.9 Å². The lowest BCUT2D eigenvalue weighted by atomic mass is 10.0. The largest absolute Gasteiger partial charge is 0.481 e. The number of hydrogen-bond donors (Lipinski definition) is 1. The van der Waals surface area contributed by atoms with Crippen LogP contribution in [-0.4, -0.2) is 22.6 Å². The highest BCUT2D eigenvalue weighted by molar-refractivity contribution is 7.99. The predicted molar refractivity (Wildman–Crippen MR) is 69.2 cm³/mol. The van der Waals surface area contributed by atoms with Gasteiger partial charge < -0.3 is 5.11 Å². The second-order valence-electron chi connectivity index (χ2n) is 3.87. The van der Waals surface area contributed by atoms with E-state index in [1.165, 1.54) is 16.7 Å². The summed E-state index contributed by atoms with van der Waals surface area (Å²) in [6.45, 7) is 4.27. The molecule has 0 radical (unpaired) electrons. The van der Waals surface area contributed by atoms with Gasteiger partial charge in [-0.2, -0.15) is 11.8 Å². The summed E-state index contributed by atoms with van der Waals surface area (Å²) < 4.78 is 0. The Morgan fingerprint density at radius 1 is 1.31 bits per heavy atom. The average molecular weight is 238 g/mol. The Morgan fingerprint density at radius 3 is 2.75 bits per heavy atom. The fraction of sp³-hybridized carbons (Fsp3) is 0.462. The van der Waals surface area contributed by atoms with Crippen LogP contribution in [0.4, 0.5) is 0 Å². The Balaban J connectivity index is 2.32. The summed E-state index contributed by atoms with van der Waals surface area (Å²) in [5.41, 5.74) is 4.07. The third-order valence-electron chi connectivity index (χ3n) is 2.69. The second kappa shape index (κ2) is 6.59. The molecule has 0 aliphatic heterocycles. The van der Waals surface area contributed by atoms with Gasteiger partial charge >= 0.3 is 5.97 Å². The van der Waals surface area contributed by atoms with E-state index in [2.05, 4.69) is 32.0 Å². The summed E-state index contributed by atoms with van der Waals surface area (Å²) in [7, 11) is 0. The molecule has 0 heterocycles. The lowest BCUT2D eigenvalue weighted by Crippen LogP contribution is -1.99. The molecule has 1 aromatic carbocycles. The molecule has 1 N–H and O–H groups in total. The highest BCUT2D eigenvalue weighted by Crippen LogP contribution is 2.15. The third kappa shape index (κ3) is 4.27. The van der Waals surface area contributed by atoms with Gasteiger partial charge in [0, 0.05) is 5.75 Å². The molecule has 1 aromatic rings. The van der Waals surface area contributed by atoms with Gasteiger partial charge in [0.25, 0.3) is 0 Å². The van der Waals surface area contributed by atoms with Crippen LogP contribution in [0.2, 0.25) is 0 Å². The van der Waals surface area contributed by atoms with Crippen LogP contribution in [0.3, 0.4) is 0 Å². The van der Waals surface area contributed by atoms with Crippen LogP contribution in [0.15, 0.2) is 18.2 Å². The van der Waals surface area contributed by atoms with Gasteiger partial charge in [0.05, 0.1) is 6.42 Å². The molecule has 0 bridgehead atoms. The van der Waals surface area contributed by atoms with E-state index in [0.29, 0.717) is 5.75 Å². The van der Waals surface area contributed by atoms with Crippen LogP contribution >= 0.6 is 11.8 Å². The van der Waals surface area contributed by atoms with Gasteiger partial charge in [-0.15, -0.1) is 0 Å². The summed E-state index contributed by atoms with van der Waals surface area (Å²) in [5.74, 6) is 0.997. The lowest BCUT2D eigenvalue weighted by Gasteiger charge is -2.07. The van der Waals surface area contributed by atoms with Crippen LogP contribution in [0.5, 0.6) is 0 Å². The second-order valence-corrected chi connectivity index (χ2v) is 5.09. The van der Waals surface area contributed by atoms with E-state index < -0.39 is 5.97 Å². The summed E-state index contributed by atoms with van der Waals surface area (Å²) >= 11 is 1.71. The highest BCUT2D eigenvalue weighted by Gasteiger charge is 2.01. The molecule has 88 valence electrons. The van der Waals surface area contributed by atoms with Crippen molar-refractivity contribution in [2.45, 2.75) is 26.7 Å². The van der Waals surface area contributed by atoms with Gasteiger partial charge in [-0.25, -0.2) is 0 Å². The van der Waals surface area contributed by atoms with Crippen molar-refractivity contribution in [3.8, 4) is 0 Å². The normalized spacial score (nSPS) is 10.4. The van der Waals surface area contributed by atoms with Crippen molar-refractivity contribution in [1.29, 1.82) is 0 Å². The number of benzene rings is 1. The number of carbonyl (C=O) groups is 1. The Labute approximate surface area is 101 Å². The van der Waals surface area contributed by atoms with Crippen LogP contribution < -0.4 is 0 Å². The van der Waals surface area contributed by atoms with Gasteiger partial charge in [0.15, 0.2) is 0 Å². The van der Waals surface area contributed by atoms with Crippen LogP contribution in [0, 0.1) is 13.8 Å². The molecule has 0 fully saturated rings. The quantitative estimate of drug-likeness (QED) is 0.774. The SMILES string of the molecule is Cc1cccc(CCSCCC(=O)O)c1C. The number of aliphatic carboxylic acids is 1. The minimum absolute atomic E-state index is 0.261. The maximum absolute atomic E-state index is 10.3. The monoisotopic (exact) mass is 238 g/mol. The first kappa shape index (κ1) is 13.1. The zero-order valence-corrected chi connectivity index (χ0v) is 10.6. The first-order valence-electron chi connectivity index (χ1n) is 5.46. The molecule has 3 heteroatoms. The van der Waals surface area contributed by atoms with Crippen LogP contribution in [-0.2, 0) is 11.2 Å². The third-order valence-corrected chi connectivity index (χ3v) is 3.68. The zero-order valence-electron chi connectivity index (χ0n) is 9.82. The van der Waals surface area contributed by atoms with Crippen LogP contribution in [0.25, 0.3) is 0 Å². The Bertz CT molecular complexity index is 361. The standard InChI is InChI=1S/C13H18O2S/c1-10-4-3-5-12(11(10)2)6-8-16-9-7-13(14)15/h3-5H,6-9H2,1-2H3,(H,14,15). The summed E-state index contributed by atoms with van der Waals surface area (Å²) in [6, 6.07) is 6.36. The fourth-order valence-corrected chi connectivity index (χ4v) is 2.41. The smallest absolute Gasteiger partial charge is 0.304 e. The maximum atomic E-state index is 10.3. The van der Waals surface area contributed by atoms with Gasteiger partial charge in [0.2, 0.25) is 0 Å². The van der Waals surface area contributed by atoms with Gasteiger partial charge in [-0.3, -0.25) is 4.79 Å². The van der Waals surface area contributed by atoms with Crippen molar-refractivity contribution in [2.75, 3.05) is 11.5 Å². The predicted octanol–water partition coefficient (Wildman–Crippen LogP) is 3.05. The molecule has 0 aromatic heterocycles. The molecule has 0 amide bonds. The number of carboxylic acids is 1. The van der Waals surface area contributed by atoms with E-state index in [-0.39, 0.29) is 6.42 Å². The number of rotatable bonds is 6. The van der Waals surface area contributed by atoms with Crippen molar-refractivity contribution in [2.24, 2.45) is 0 Å². The molecule has 0 aliphatic carbocycles. The summed E-state index contributed by atoms with van der Waals surface area (Å²) in [5, 5.41) is 8.50. The number of aryl methyl sites for hydroxylation is 2. The zero-order chi connectivity index (χ0) is 12.0. The molecule has 0 saturated carbocycles. The molecule has 0 unspecified atom stereocenters. The number of thioether (sulfide) groups is 1. The van der Waals surface area contributed by atoms with Crippen molar-refractivity contribution in [3.63, 3.8) is 0 Å². The fourth-order valence-electron chi connectivity index (χ4n) is 1.53. The van der Waals surface area contributed by atoms with Gasteiger partial charge in [-0.1, -0.05) is 18.2 Å². The van der Waals surface area contributed by atoms with Crippen molar-refractivity contribution in [1.82, 2.24) is 0 Å². The van der Waals surface area contributed by atoms with Crippen molar-refractivity contribution >= 4 is 17.7 Å². The molecule has 0 aliphatic rings. The molecule has 0 spiro atoms. The molecule has 0 saturated heterocycles. The van der Waals surface area contributed by atoms with E-state index in [9.17, 15) is 4.79 Å². The molecule has 1 rings (SSSR count).